The highest BCUT2D eigenvalue weighted by Gasteiger charge is 2.34. The van der Waals surface area contributed by atoms with E-state index >= 15 is 0 Å². The number of alkyl carbamates (subject to hydrolysis) is 1. The van der Waals surface area contributed by atoms with Crippen LogP contribution >= 0.6 is 0 Å². The maximum absolute atomic E-state index is 13.4. The lowest BCUT2D eigenvalue weighted by atomic mass is 10.00. The number of carbonyl (C=O) groups excluding carboxylic acids is 3. The van der Waals surface area contributed by atoms with E-state index < -0.39 is 23.8 Å². The number of hydrogen-bond donors (Lipinski definition) is 2. The Morgan fingerprint density at radius 1 is 1.10 bits per heavy atom. The van der Waals surface area contributed by atoms with E-state index in [0.29, 0.717) is 18.5 Å². The molecule has 2 N–H and O–H groups in total. The van der Waals surface area contributed by atoms with E-state index in [1.54, 1.807) is 27.8 Å². The third-order valence-electron chi connectivity index (χ3n) is 4.62. The summed E-state index contributed by atoms with van der Waals surface area (Å²) in [6, 6.07) is 7.60. The lowest BCUT2D eigenvalue weighted by Gasteiger charge is -2.32. The van der Waals surface area contributed by atoms with Crippen LogP contribution in [0.3, 0.4) is 0 Å². The molecule has 0 radical (unpaired) electrons. The average Bonchev–Trinajstić information content (AvgIpc) is 2.66. The number of rotatable bonds is 10. The standard InChI is InChI=1S/C24H39N3O4/c1-8-9-15-25-21(28)20(18-13-11-10-12-14-18)27(7)22(29)19(16-17(2)3)26-23(30)31-24(4,5)6/h10-14,17,19-20H,8-9,15-16H2,1-7H3,(H,25,28)(H,26,30). The summed E-state index contributed by atoms with van der Waals surface area (Å²) in [5, 5.41) is 5.62. The van der Waals surface area contributed by atoms with E-state index in [0.717, 1.165) is 12.8 Å². The Balaban J connectivity index is 3.11. The minimum atomic E-state index is -0.797. The van der Waals surface area contributed by atoms with Gasteiger partial charge in [-0.15, -0.1) is 0 Å². The third-order valence-corrected chi connectivity index (χ3v) is 4.62. The van der Waals surface area contributed by atoms with Gasteiger partial charge in [0.15, 0.2) is 0 Å². The summed E-state index contributed by atoms with van der Waals surface area (Å²) in [5.41, 5.74) is 0.0422. The van der Waals surface area contributed by atoms with Crippen molar-refractivity contribution in [2.24, 2.45) is 5.92 Å². The quantitative estimate of drug-likeness (QED) is 0.545. The Morgan fingerprint density at radius 3 is 2.23 bits per heavy atom. The first-order valence-electron chi connectivity index (χ1n) is 11.0. The van der Waals surface area contributed by atoms with Crippen LogP contribution in [-0.4, -0.2) is 48.0 Å². The molecule has 0 bridgehead atoms. The Morgan fingerprint density at radius 2 is 1.71 bits per heavy atom. The second kappa shape index (κ2) is 12.3. The number of unbranched alkanes of at least 4 members (excludes halogenated alkanes) is 1. The zero-order valence-corrected chi connectivity index (χ0v) is 20.0. The molecule has 0 aliphatic rings. The molecule has 0 fully saturated rings. The summed E-state index contributed by atoms with van der Waals surface area (Å²) in [4.78, 5) is 40.2. The van der Waals surface area contributed by atoms with Gasteiger partial charge in [0.2, 0.25) is 11.8 Å². The number of ether oxygens (including phenoxy) is 1. The van der Waals surface area contributed by atoms with E-state index in [-0.39, 0.29) is 17.7 Å². The molecule has 0 saturated heterocycles. The minimum absolute atomic E-state index is 0.158. The molecule has 3 amide bonds. The van der Waals surface area contributed by atoms with E-state index in [9.17, 15) is 14.4 Å². The van der Waals surface area contributed by atoms with Gasteiger partial charge in [0.1, 0.15) is 17.7 Å². The van der Waals surface area contributed by atoms with E-state index in [4.69, 9.17) is 4.74 Å². The van der Waals surface area contributed by atoms with Crippen LogP contribution in [0.4, 0.5) is 4.79 Å². The number of likely N-dealkylation sites (N-methyl/N-ethyl adjacent to an activating group) is 1. The molecule has 0 spiro atoms. The number of carbonyl (C=O) groups is 3. The van der Waals surface area contributed by atoms with Crippen molar-refractivity contribution in [3.63, 3.8) is 0 Å². The second-order valence-corrected chi connectivity index (χ2v) is 9.24. The van der Waals surface area contributed by atoms with Crippen LogP contribution in [-0.2, 0) is 14.3 Å². The summed E-state index contributed by atoms with van der Waals surface area (Å²) in [7, 11) is 1.60. The smallest absolute Gasteiger partial charge is 0.408 e. The molecule has 174 valence electrons. The maximum atomic E-state index is 13.4. The monoisotopic (exact) mass is 433 g/mol. The van der Waals surface area contributed by atoms with Gasteiger partial charge in [-0.05, 0) is 45.1 Å². The molecular formula is C24H39N3O4. The molecule has 7 nitrogen and oxygen atoms in total. The Kier molecular flexibility index (Phi) is 10.5. The molecule has 2 atom stereocenters. The van der Waals surface area contributed by atoms with E-state index in [1.807, 2.05) is 44.2 Å². The Labute approximate surface area is 186 Å². The van der Waals surface area contributed by atoms with Crippen molar-refractivity contribution < 1.29 is 19.1 Å². The lowest BCUT2D eigenvalue weighted by Crippen LogP contribution is -2.52. The molecule has 1 rings (SSSR count). The largest absolute Gasteiger partial charge is 0.444 e. The zero-order chi connectivity index (χ0) is 23.6. The van der Waals surface area contributed by atoms with Gasteiger partial charge >= 0.3 is 6.09 Å². The van der Waals surface area contributed by atoms with Crippen molar-refractivity contribution in [3.05, 3.63) is 35.9 Å². The van der Waals surface area contributed by atoms with Crippen molar-refractivity contribution >= 4 is 17.9 Å². The van der Waals surface area contributed by atoms with Gasteiger partial charge in [-0.25, -0.2) is 4.79 Å². The van der Waals surface area contributed by atoms with E-state index in [2.05, 4.69) is 17.6 Å². The summed E-state index contributed by atoms with van der Waals surface area (Å²) < 4.78 is 5.34. The number of benzene rings is 1. The van der Waals surface area contributed by atoms with Crippen molar-refractivity contribution in [1.82, 2.24) is 15.5 Å². The van der Waals surface area contributed by atoms with Gasteiger partial charge in [-0.2, -0.15) is 0 Å². The first-order valence-corrected chi connectivity index (χ1v) is 11.0. The molecule has 1 aromatic rings. The van der Waals surface area contributed by atoms with Crippen LogP contribution < -0.4 is 10.6 Å². The number of amides is 3. The fourth-order valence-corrected chi connectivity index (χ4v) is 3.19. The molecule has 0 aliphatic heterocycles. The van der Waals surface area contributed by atoms with Crippen molar-refractivity contribution in [2.75, 3.05) is 13.6 Å². The molecule has 0 heterocycles. The van der Waals surface area contributed by atoms with Gasteiger partial charge < -0.3 is 20.3 Å². The molecular weight excluding hydrogens is 394 g/mol. The van der Waals surface area contributed by atoms with Crippen molar-refractivity contribution in [2.45, 2.75) is 78.5 Å². The predicted molar refractivity (Wildman–Crippen MR) is 122 cm³/mol. The highest BCUT2D eigenvalue weighted by molar-refractivity contribution is 5.91. The summed E-state index contributed by atoms with van der Waals surface area (Å²) in [6.45, 7) is 11.9. The second-order valence-electron chi connectivity index (χ2n) is 9.24. The fourth-order valence-electron chi connectivity index (χ4n) is 3.19. The van der Waals surface area contributed by atoms with Gasteiger partial charge in [-0.3, -0.25) is 9.59 Å². The molecule has 1 aromatic carbocycles. The van der Waals surface area contributed by atoms with Crippen molar-refractivity contribution in [3.8, 4) is 0 Å². The first kappa shape index (κ1) is 26.5. The predicted octanol–water partition coefficient (Wildman–Crippen LogP) is 4.04. The summed E-state index contributed by atoms with van der Waals surface area (Å²) in [5.74, 6) is -0.416. The zero-order valence-electron chi connectivity index (χ0n) is 20.0. The van der Waals surface area contributed by atoms with Crippen LogP contribution in [0, 0.1) is 5.92 Å². The maximum Gasteiger partial charge on any atom is 0.408 e. The average molecular weight is 434 g/mol. The van der Waals surface area contributed by atoms with Gasteiger partial charge in [0.25, 0.3) is 0 Å². The van der Waals surface area contributed by atoms with E-state index in [1.165, 1.54) is 4.90 Å². The third kappa shape index (κ3) is 9.40. The minimum Gasteiger partial charge on any atom is -0.444 e. The first-order chi connectivity index (χ1) is 14.5. The molecule has 0 aliphatic carbocycles. The fraction of sp³-hybridized carbons (Fsp3) is 0.625. The molecule has 31 heavy (non-hydrogen) atoms. The number of nitrogens with zero attached hydrogens (tertiary/aromatic N) is 1. The SMILES string of the molecule is CCCCNC(=O)C(c1ccccc1)N(C)C(=O)C(CC(C)C)NC(=O)OC(C)(C)C. The number of hydrogen-bond acceptors (Lipinski definition) is 4. The van der Waals surface area contributed by atoms with Crippen LogP contribution in [0.15, 0.2) is 30.3 Å². The number of nitrogens with one attached hydrogen (secondary N) is 2. The summed E-state index contributed by atoms with van der Waals surface area (Å²) in [6.07, 6.45) is 1.60. The van der Waals surface area contributed by atoms with Gasteiger partial charge in [0, 0.05) is 13.6 Å². The molecule has 7 heteroatoms. The molecule has 0 aromatic heterocycles. The Bertz CT molecular complexity index is 713. The molecule has 0 saturated carbocycles. The van der Waals surface area contributed by atoms with Gasteiger partial charge in [0.05, 0.1) is 0 Å². The normalized spacial score (nSPS) is 13.3. The lowest BCUT2D eigenvalue weighted by molar-refractivity contribution is -0.141. The summed E-state index contributed by atoms with van der Waals surface area (Å²) >= 11 is 0. The van der Waals surface area contributed by atoms with Crippen LogP contribution in [0.5, 0.6) is 0 Å². The molecule has 2 unspecified atom stereocenters. The van der Waals surface area contributed by atoms with Crippen LogP contribution in [0.25, 0.3) is 0 Å². The van der Waals surface area contributed by atoms with Crippen molar-refractivity contribution in [1.29, 1.82) is 0 Å². The highest BCUT2D eigenvalue weighted by Crippen LogP contribution is 2.22. The topological polar surface area (TPSA) is 87.7 Å². The Hall–Kier alpha value is -2.57. The highest BCUT2D eigenvalue weighted by atomic mass is 16.6. The van der Waals surface area contributed by atoms with Crippen LogP contribution in [0.1, 0.15) is 72.4 Å². The van der Waals surface area contributed by atoms with Crippen LogP contribution in [0.2, 0.25) is 0 Å². The van der Waals surface area contributed by atoms with Gasteiger partial charge in [-0.1, -0.05) is 57.5 Å².